The Bertz CT molecular complexity index is 497. The van der Waals surface area contributed by atoms with Gasteiger partial charge in [-0.1, -0.05) is 12.1 Å². The first kappa shape index (κ1) is 14.9. The predicted octanol–water partition coefficient (Wildman–Crippen LogP) is 1.98. The van der Waals surface area contributed by atoms with E-state index in [-0.39, 0.29) is 30.4 Å². The maximum absolute atomic E-state index is 11.7. The summed E-state index contributed by atoms with van der Waals surface area (Å²) in [7, 11) is 1.64. The summed E-state index contributed by atoms with van der Waals surface area (Å²) in [6.45, 7) is 2.90. The fourth-order valence-electron chi connectivity index (χ4n) is 1.54. The summed E-state index contributed by atoms with van der Waals surface area (Å²) in [6.07, 6.45) is 0.365. The van der Waals surface area contributed by atoms with E-state index in [4.69, 9.17) is 0 Å². The molecule has 0 aliphatic heterocycles. The van der Waals surface area contributed by atoms with Crippen molar-refractivity contribution in [2.75, 3.05) is 17.3 Å². The highest BCUT2D eigenvalue weighted by Crippen LogP contribution is 2.24. The van der Waals surface area contributed by atoms with Crippen LogP contribution in [-0.4, -0.2) is 24.6 Å². The lowest BCUT2D eigenvalue weighted by Gasteiger charge is -2.19. The zero-order chi connectivity index (χ0) is 14.4. The third-order valence-electron chi connectivity index (χ3n) is 2.72. The van der Waals surface area contributed by atoms with Crippen molar-refractivity contribution in [3.8, 4) is 0 Å². The SMILES string of the molecule is CC(=O)CCC(=O)Nc1ccccc1N(C)C(C)=O. The topological polar surface area (TPSA) is 66.5 Å². The first-order valence-corrected chi connectivity index (χ1v) is 6.04. The Labute approximate surface area is 112 Å². The molecular formula is C14H18N2O3. The number of ketones is 1. The lowest BCUT2D eigenvalue weighted by molar-refractivity contribution is -0.121. The van der Waals surface area contributed by atoms with Gasteiger partial charge >= 0.3 is 0 Å². The maximum atomic E-state index is 11.7. The van der Waals surface area contributed by atoms with Crippen molar-refractivity contribution >= 4 is 29.0 Å². The number of hydrogen-bond acceptors (Lipinski definition) is 3. The van der Waals surface area contributed by atoms with Crippen LogP contribution in [0, 0.1) is 0 Å². The van der Waals surface area contributed by atoms with Crippen molar-refractivity contribution in [1.29, 1.82) is 0 Å². The zero-order valence-electron chi connectivity index (χ0n) is 11.4. The van der Waals surface area contributed by atoms with E-state index in [1.807, 2.05) is 0 Å². The van der Waals surface area contributed by atoms with Crippen LogP contribution in [0.5, 0.6) is 0 Å². The summed E-state index contributed by atoms with van der Waals surface area (Å²) >= 11 is 0. The predicted molar refractivity (Wildman–Crippen MR) is 74.1 cm³/mol. The molecule has 1 N–H and O–H groups in total. The molecule has 2 amide bonds. The number of nitrogens with zero attached hydrogens (tertiary/aromatic N) is 1. The lowest BCUT2D eigenvalue weighted by Crippen LogP contribution is -2.24. The molecule has 0 radical (unpaired) electrons. The number of Topliss-reactive ketones (excluding diaryl/α,β-unsaturated/α-hetero) is 1. The first-order valence-electron chi connectivity index (χ1n) is 6.04. The standard InChI is InChI=1S/C14H18N2O3/c1-10(17)8-9-14(19)15-12-6-4-5-7-13(12)16(3)11(2)18/h4-7H,8-9H2,1-3H3,(H,15,19). The Morgan fingerprint density at radius 2 is 1.74 bits per heavy atom. The summed E-state index contributed by atoms with van der Waals surface area (Å²) in [4.78, 5) is 35.4. The van der Waals surface area contributed by atoms with Gasteiger partial charge in [0.25, 0.3) is 0 Å². The van der Waals surface area contributed by atoms with Crippen LogP contribution in [0.15, 0.2) is 24.3 Å². The van der Waals surface area contributed by atoms with Gasteiger partial charge in [-0.25, -0.2) is 0 Å². The number of nitrogens with one attached hydrogen (secondary N) is 1. The van der Waals surface area contributed by atoms with Crippen LogP contribution >= 0.6 is 0 Å². The summed E-state index contributed by atoms with van der Waals surface area (Å²) in [5.74, 6) is -0.380. The van der Waals surface area contributed by atoms with E-state index >= 15 is 0 Å². The fourth-order valence-corrected chi connectivity index (χ4v) is 1.54. The first-order chi connectivity index (χ1) is 8.91. The Hall–Kier alpha value is -2.17. The Morgan fingerprint density at radius 3 is 2.32 bits per heavy atom. The molecule has 0 atom stereocenters. The second-order valence-corrected chi connectivity index (χ2v) is 4.35. The van der Waals surface area contributed by atoms with E-state index in [9.17, 15) is 14.4 Å². The second kappa shape index (κ2) is 6.68. The molecular weight excluding hydrogens is 244 g/mol. The van der Waals surface area contributed by atoms with Gasteiger partial charge in [0.2, 0.25) is 11.8 Å². The summed E-state index contributed by atoms with van der Waals surface area (Å²) in [6, 6.07) is 7.04. The van der Waals surface area contributed by atoms with Gasteiger partial charge in [-0.15, -0.1) is 0 Å². The highest BCUT2D eigenvalue weighted by Gasteiger charge is 2.12. The van der Waals surface area contributed by atoms with Crippen LogP contribution < -0.4 is 10.2 Å². The molecule has 0 fully saturated rings. The largest absolute Gasteiger partial charge is 0.324 e. The lowest BCUT2D eigenvalue weighted by atomic mass is 10.2. The second-order valence-electron chi connectivity index (χ2n) is 4.35. The highest BCUT2D eigenvalue weighted by molar-refractivity contribution is 6.00. The van der Waals surface area contributed by atoms with Gasteiger partial charge in [-0.2, -0.15) is 0 Å². The average Bonchev–Trinajstić information content (AvgIpc) is 2.36. The minimum absolute atomic E-state index is 0.0238. The normalized spacial score (nSPS) is 9.84. The molecule has 1 aromatic rings. The quantitative estimate of drug-likeness (QED) is 0.882. The third kappa shape index (κ3) is 4.54. The molecule has 19 heavy (non-hydrogen) atoms. The molecule has 5 heteroatoms. The van der Waals surface area contributed by atoms with E-state index in [2.05, 4.69) is 5.32 Å². The van der Waals surface area contributed by atoms with Gasteiger partial charge < -0.3 is 15.0 Å². The molecule has 1 rings (SSSR count). The van der Waals surface area contributed by atoms with E-state index in [1.54, 1.807) is 31.3 Å². The van der Waals surface area contributed by atoms with Crippen LogP contribution in [0.25, 0.3) is 0 Å². The molecule has 0 saturated carbocycles. The van der Waals surface area contributed by atoms with Gasteiger partial charge in [-0.3, -0.25) is 9.59 Å². The van der Waals surface area contributed by atoms with E-state index in [0.717, 1.165) is 0 Å². The number of para-hydroxylation sites is 2. The fraction of sp³-hybridized carbons (Fsp3) is 0.357. The number of hydrogen-bond donors (Lipinski definition) is 1. The van der Waals surface area contributed by atoms with Crippen molar-refractivity contribution in [2.45, 2.75) is 26.7 Å². The van der Waals surface area contributed by atoms with Crippen molar-refractivity contribution in [1.82, 2.24) is 0 Å². The summed E-state index contributed by atoms with van der Waals surface area (Å²) < 4.78 is 0. The van der Waals surface area contributed by atoms with Crippen molar-refractivity contribution in [3.05, 3.63) is 24.3 Å². The molecule has 102 valence electrons. The molecule has 5 nitrogen and oxygen atoms in total. The Morgan fingerprint density at radius 1 is 1.11 bits per heavy atom. The zero-order valence-corrected chi connectivity index (χ0v) is 11.4. The van der Waals surface area contributed by atoms with E-state index < -0.39 is 0 Å². The monoisotopic (exact) mass is 262 g/mol. The molecule has 0 spiro atoms. The van der Waals surface area contributed by atoms with E-state index in [1.165, 1.54) is 18.7 Å². The van der Waals surface area contributed by atoms with Gasteiger partial charge in [0.15, 0.2) is 0 Å². The summed E-state index contributed by atoms with van der Waals surface area (Å²) in [5.41, 5.74) is 1.19. The smallest absolute Gasteiger partial charge is 0.224 e. The number of benzene rings is 1. The molecule has 0 saturated heterocycles. The number of carbonyl (C=O) groups is 3. The van der Waals surface area contributed by atoms with E-state index in [0.29, 0.717) is 11.4 Å². The van der Waals surface area contributed by atoms with Gasteiger partial charge in [-0.05, 0) is 19.1 Å². The van der Waals surface area contributed by atoms with Crippen molar-refractivity contribution in [3.63, 3.8) is 0 Å². The van der Waals surface area contributed by atoms with Crippen LogP contribution in [0.3, 0.4) is 0 Å². The number of rotatable bonds is 5. The minimum atomic E-state index is -0.236. The van der Waals surface area contributed by atoms with Gasteiger partial charge in [0.05, 0.1) is 11.4 Å². The van der Waals surface area contributed by atoms with Gasteiger partial charge in [0.1, 0.15) is 5.78 Å². The molecule has 1 aromatic carbocycles. The molecule has 0 heterocycles. The molecule has 0 bridgehead atoms. The molecule has 0 aliphatic rings. The Kier molecular flexibility index (Phi) is 5.23. The van der Waals surface area contributed by atoms with Crippen LogP contribution in [0.4, 0.5) is 11.4 Å². The average molecular weight is 262 g/mol. The van der Waals surface area contributed by atoms with Crippen LogP contribution in [0.1, 0.15) is 26.7 Å². The minimum Gasteiger partial charge on any atom is -0.324 e. The van der Waals surface area contributed by atoms with Crippen molar-refractivity contribution in [2.24, 2.45) is 0 Å². The number of carbonyl (C=O) groups excluding carboxylic acids is 3. The summed E-state index contributed by atoms with van der Waals surface area (Å²) in [5, 5.41) is 2.72. The molecule has 0 unspecified atom stereocenters. The van der Waals surface area contributed by atoms with Crippen LogP contribution in [0.2, 0.25) is 0 Å². The third-order valence-corrected chi connectivity index (χ3v) is 2.72. The Balaban J connectivity index is 2.81. The van der Waals surface area contributed by atoms with Crippen molar-refractivity contribution < 1.29 is 14.4 Å². The maximum Gasteiger partial charge on any atom is 0.224 e. The number of anilines is 2. The molecule has 0 aromatic heterocycles. The molecule has 0 aliphatic carbocycles. The number of amides is 2. The highest BCUT2D eigenvalue weighted by atomic mass is 16.2. The van der Waals surface area contributed by atoms with Gasteiger partial charge in [0, 0.05) is 26.8 Å². The van der Waals surface area contributed by atoms with Crippen LogP contribution in [-0.2, 0) is 14.4 Å².